The Morgan fingerprint density at radius 2 is 0.743 bits per heavy atom. The van der Waals surface area contributed by atoms with E-state index in [1.807, 2.05) is 205 Å². The van der Waals surface area contributed by atoms with Crippen LogP contribution < -0.4 is 54.4 Å². The van der Waals surface area contributed by atoms with E-state index in [1.54, 1.807) is 18.0 Å². The molecule has 20 N–H and O–H groups in total. The number of rotatable bonds is 23. The minimum atomic E-state index is -0.452. The predicted octanol–water partition coefficient (Wildman–Crippen LogP) is 16.9. The molecule has 0 radical (unpaired) electrons. The van der Waals surface area contributed by atoms with Crippen LogP contribution in [0.25, 0.3) is 65.4 Å². The Labute approximate surface area is 800 Å². The summed E-state index contributed by atoms with van der Waals surface area (Å²) < 4.78 is 0. The van der Waals surface area contributed by atoms with Crippen molar-refractivity contribution in [1.82, 2.24) is 147 Å². The molecule has 0 aliphatic heterocycles. The van der Waals surface area contributed by atoms with Crippen LogP contribution in [0.3, 0.4) is 0 Å². The Morgan fingerprint density at radius 3 is 1.17 bits per heavy atom. The minimum Gasteiger partial charge on any atom is -0.338 e. The molecule has 708 valence electrons. The number of nitrogens with one attached hydrogen (secondary N) is 20. The van der Waals surface area contributed by atoms with E-state index in [0.717, 1.165) is 251 Å². The zero-order chi connectivity index (χ0) is 96.7. The topological polar surface area (TPSA) is 563 Å². The maximum atomic E-state index is 11.9. The van der Waals surface area contributed by atoms with Gasteiger partial charge >= 0.3 is 0 Å². The third kappa shape index (κ3) is 18.7. The highest BCUT2D eigenvalue weighted by Gasteiger charge is 2.50. The van der Waals surface area contributed by atoms with Gasteiger partial charge in [-0.15, -0.1) is 11.8 Å². The molecule has 21 aromatic rings. The number of thioether (sulfide) groups is 1. The number of para-hydroxylation sites is 1. The third-order valence-corrected chi connectivity index (χ3v) is 27.0. The number of hydrogen-bond donors (Lipinski definition) is 20. The molecular weight excluding hydrogens is 1790 g/mol. The van der Waals surface area contributed by atoms with Gasteiger partial charge in [0.25, 0.3) is 27.8 Å². The number of hydrogen-bond acceptors (Lipinski definition) is 25. The van der Waals surface area contributed by atoms with Gasteiger partial charge in [-0.3, -0.25) is 100 Å². The number of fused-ring (bicyclic) bond motifs is 6. The Morgan fingerprint density at radius 1 is 0.343 bits per heavy atom. The van der Waals surface area contributed by atoms with Crippen LogP contribution in [-0.4, -0.2) is 147 Å². The molecule has 24 rings (SSSR count). The smallest absolute Gasteiger partial charge is 0.271 e. The molecule has 39 nitrogen and oxygen atoms in total. The second-order valence-electron chi connectivity index (χ2n) is 36.3. The first-order valence-corrected chi connectivity index (χ1v) is 47.2. The molecule has 0 unspecified atom stereocenters. The summed E-state index contributed by atoms with van der Waals surface area (Å²) in [5, 5.41) is 85.5. The van der Waals surface area contributed by atoms with E-state index in [-0.39, 0.29) is 44.0 Å². The lowest BCUT2D eigenvalue weighted by atomic mass is 9.63. The average molecular weight is 1890 g/mol. The number of anilines is 10. The van der Waals surface area contributed by atoms with Crippen LogP contribution in [0.1, 0.15) is 176 Å². The first-order chi connectivity index (χ1) is 67.8. The van der Waals surface area contributed by atoms with Crippen molar-refractivity contribution in [3.63, 3.8) is 0 Å². The maximum absolute atomic E-state index is 11.9. The molecule has 0 amide bonds. The summed E-state index contributed by atoms with van der Waals surface area (Å²) in [5.74, 6) is 10.5. The van der Waals surface area contributed by atoms with Gasteiger partial charge in [-0.1, -0.05) is 69.2 Å². The van der Waals surface area contributed by atoms with E-state index in [2.05, 4.69) is 178 Å². The largest absolute Gasteiger partial charge is 0.338 e. The molecule has 0 bridgehead atoms. The first kappa shape index (κ1) is 90.6. The van der Waals surface area contributed by atoms with E-state index < -0.39 is 5.41 Å². The van der Waals surface area contributed by atoms with Crippen molar-refractivity contribution in [1.29, 1.82) is 0 Å². The van der Waals surface area contributed by atoms with Gasteiger partial charge in [0, 0.05) is 123 Å². The molecule has 3 saturated carbocycles. The Kier molecular flexibility index (Phi) is 24.2. The van der Waals surface area contributed by atoms with Crippen LogP contribution in [0.4, 0.5) is 58.0 Å². The highest BCUT2D eigenvalue weighted by molar-refractivity contribution is 7.98. The number of pyridine rings is 1. The molecule has 0 spiro atoms. The summed E-state index contributed by atoms with van der Waals surface area (Å²) in [6.07, 6.45) is 11.6. The van der Waals surface area contributed by atoms with Crippen molar-refractivity contribution in [3.8, 4) is 0 Å². The first-order valence-electron chi connectivity index (χ1n) is 46.2. The molecule has 15 heterocycles. The number of aromatic amines is 15. The minimum absolute atomic E-state index is 0.0967. The summed E-state index contributed by atoms with van der Waals surface area (Å²) in [5.41, 5.74) is 17.5. The van der Waals surface area contributed by atoms with Crippen molar-refractivity contribution in [3.05, 3.63) is 331 Å². The molecule has 3 aliphatic carbocycles. The number of H-pyrrole nitrogens is 15. The van der Waals surface area contributed by atoms with Gasteiger partial charge < -0.3 is 26.6 Å². The summed E-state index contributed by atoms with van der Waals surface area (Å²) >= 11 is 1.64. The van der Waals surface area contributed by atoms with Gasteiger partial charge in [0.15, 0.2) is 29.1 Å². The van der Waals surface area contributed by atoms with Gasteiger partial charge in [0.2, 0.25) is 0 Å². The van der Waals surface area contributed by atoms with E-state index in [1.165, 1.54) is 0 Å². The summed E-state index contributed by atoms with van der Waals surface area (Å²) in [6, 6.07) is 56.8. The summed E-state index contributed by atoms with van der Waals surface area (Å²) in [7, 11) is 0. The van der Waals surface area contributed by atoms with Crippen LogP contribution in [0.15, 0.2) is 211 Å². The molecule has 3 aliphatic rings. The lowest BCUT2D eigenvalue weighted by Crippen LogP contribution is -2.37. The van der Waals surface area contributed by atoms with Crippen LogP contribution in [0, 0.1) is 41.5 Å². The quantitative estimate of drug-likeness (QED) is 0.0264. The van der Waals surface area contributed by atoms with Crippen molar-refractivity contribution in [2.24, 2.45) is 0 Å². The predicted molar refractivity (Wildman–Crippen MR) is 542 cm³/mol. The molecule has 6 aromatic carbocycles. The van der Waals surface area contributed by atoms with Crippen molar-refractivity contribution in [2.75, 3.05) is 26.6 Å². The second kappa shape index (κ2) is 37.5. The Bertz CT molecular complexity index is 8120. The normalized spacial score (nSPS) is 13.8. The fourth-order valence-corrected chi connectivity index (χ4v) is 18.7. The molecule has 15 aromatic heterocycles. The lowest BCUT2D eigenvalue weighted by Gasteiger charge is -2.41. The molecule has 0 atom stereocenters. The van der Waals surface area contributed by atoms with Crippen LogP contribution in [0.5, 0.6) is 0 Å². The fraction of sp³-hybridized carbons (Fsp3) is 0.250. The van der Waals surface area contributed by atoms with E-state index >= 15 is 0 Å². The van der Waals surface area contributed by atoms with Gasteiger partial charge in [0.05, 0.1) is 81.3 Å². The maximum Gasteiger partial charge on any atom is 0.271 e. The highest BCUT2D eigenvalue weighted by atomic mass is 32.2. The Balaban J connectivity index is 0.000000108. The average Bonchev–Trinajstić information content (AvgIpc) is 1.52. The van der Waals surface area contributed by atoms with Crippen molar-refractivity contribution in [2.45, 2.75) is 166 Å². The van der Waals surface area contributed by atoms with Crippen molar-refractivity contribution >= 4 is 135 Å². The number of aryl methyl sites for hydroxylation is 8. The number of benzene rings is 6. The van der Waals surface area contributed by atoms with E-state index in [0.29, 0.717) is 44.4 Å². The van der Waals surface area contributed by atoms with Gasteiger partial charge in [0.1, 0.15) is 46.6 Å². The van der Waals surface area contributed by atoms with Gasteiger partial charge in [-0.2, -0.15) is 25.5 Å². The zero-order valence-corrected chi connectivity index (χ0v) is 79.1. The van der Waals surface area contributed by atoms with E-state index in [9.17, 15) is 24.0 Å². The zero-order valence-electron chi connectivity index (χ0n) is 78.3. The van der Waals surface area contributed by atoms with Crippen molar-refractivity contribution < 1.29 is 0 Å². The van der Waals surface area contributed by atoms with E-state index in [4.69, 9.17) is 34.9 Å². The lowest BCUT2D eigenvalue weighted by molar-refractivity contribution is 0.285. The molecule has 40 heteroatoms. The SMILES string of the molecule is CCc1cc(Nc2cc(C)[nH]n2)nc(C2(c3ccc4c(=O)[nH][nH]c4c3)CCC2)n1.CCc1cc(Nc2cc(C)[nH]n2)nc(C2(c3ccc4c(=O)[nH][nH]c4c3)CCC2)n1.Cc1cc(Nc2cc(C)[nH]n2)nc(C(C)(C)c2ccc3c(=O)[nH][nH]c3c2)n1.Cc1cc(Nc2cc(C)[nH]n2)nc(C2(c3ccc4c(=O)[nH][nH]c4c3)CC2)n1.O=c1[nH][nH]c2cc(CSc3cc(Nc4n[nH]c5ccccc45)ccn3)ccc12. The highest BCUT2D eigenvalue weighted by Crippen LogP contribution is 2.54. The number of nitrogens with zero attached hydrogens (tertiary/aromatic N) is 14. The molecule has 140 heavy (non-hydrogen) atoms. The second-order valence-corrected chi connectivity index (χ2v) is 37.3. The standard InChI is InChI=1S/2C21H23N7O.C20H16N6OS.C19H19N7O.C19H21N7O/c2*1-3-14-11-17(23-18-9-12(2)25-27-18)24-20(22-14)21(7-4-8-21)13-5-6-15-16(10-13)26-28-19(15)29;27-20-15-6-5-12(9-17(15)24-26-20)11-28-18-10-13(7-8-21-18)22-19-14-3-1-2-4-16(14)23-25-19;1-10-7-15(21-16-8-11(2)23-25-16)22-18(20-10)19(5-6-19)12-3-4-13-14(9-12)24-26-17(13)27;1-10-7-15(21-16-8-11(2)23-25-16)22-18(20-10)19(3,4)12-5-6-13-14(9-12)24-26-17(13)27/h2*5-6,9-11H,3-4,7-8H2,1-2H3,(H2,26,28,29)(H2,22,23,24,25,27);1-10H,11H2,(H2,24,26,27)(H2,21,22,23,25);3-4,7-9H,5-6H2,1-2H3,(H2,24,26,27)(H2,20,21,22,23,25);5-9H,1-4H3,(H2,24,26,27)(H2,20,21,22,23,25). The van der Waals surface area contributed by atoms with Crippen LogP contribution in [-0.2, 0) is 40.3 Å². The van der Waals surface area contributed by atoms with Crippen LogP contribution in [0.2, 0.25) is 0 Å². The monoisotopic (exact) mass is 1890 g/mol. The van der Waals surface area contributed by atoms with Gasteiger partial charge in [-0.05, 0) is 220 Å². The molecular formula is C100H102N34O5S. The Hall–Kier alpha value is -17.2. The number of aromatic nitrogens is 29. The summed E-state index contributed by atoms with van der Waals surface area (Å²) in [6.45, 7) is 20.1. The third-order valence-electron chi connectivity index (χ3n) is 26.0. The molecule has 0 saturated heterocycles. The fourth-order valence-electron chi connectivity index (χ4n) is 17.9. The molecule has 3 fully saturated rings. The van der Waals surface area contributed by atoms with Gasteiger partial charge in [-0.25, -0.2) is 44.9 Å². The van der Waals surface area contributed by atoms with Crippen LogP contribution >= 0.6 is 11.8 Å². The summed E-state index contributed by atoms with van der Waals surface area (Å²) in [4.78, 5) is 102.